The Morgan fingerprint density at radius 3 is 0.778 bits per heavy atom. The first-order chi connectivity index (χ1) is 7.88. The zero-order valence-electron chi connectivity index (χ0n) is 12.8. The SMILES string of the molecule is CC1(C)OC(C2OC(C)(C)C(C)(C)O2)OC1(C)C. The number of ether oxygens (including phenoxy) is 4. The quantitative estimate of drug-likeness (QED) is 0.724. The van der Waals surface area contributed by atoms with Crippen molar-refractivity contribution in [3.63, 3.8) is 0 Å². The highest BCUT2D eigenvalue weighted by molar-refractivity contribution is 4.99. The first-order valence-corrected chi connectivity index (χ1v) is 6.59. The van der Waals surface area contributed by atoms with Crippen LogP contribution in [-0.2, 0) is 18.9 Å². The van der Waals surface area contributed by atoms with E-state index in [9.17, 15) is 0 Å². The molecule has 0 spiro atoms. The summed E-state index contributed by atoms with van der Waals surface area (Å²) in [6.45, 7) is 16.2. The minimum atomic E-state index is -0.476. The maximum Gasteiger partial charge on any atom is 0.210 e. The Bertz CT molecular complexity index is 278. The molecule has 2 saturated heterocycles. The summed E-state index contributed by atoms with van der Waals surface area (Å²) in [6, 6.07) is 0. The summed E-state index contributed by atoms with van der Waals surface area (Å²) >= 11 is 0. The Hall–Kier alpha value is -0.160. The van der Waals surface area contributed by atoms with Crippen LogP contribution in [0.3, 0.4) is 0 Å². The third-order valence-corrected chi connectivity index (χ3v) is 4.77. The standard InChI is InChI=1S/C14H26O4/c1-11(2)12(3,4)16-9(15-11)10-17-13(5,6)14(7,8)18-10/h9-10H,1-8H3. The summed E-state index contributed by atoms with van der Waals surface area (Å²) < 4.78 is 23.8. The summed E-state index contributed by atoms with van der Waals surface area (Å²) in [5.74, 6) is 0. The van der Waals surface area contributed by atoms with Crippen LogP contribution in [0.1, 0.15) is 55.4 Å². The molecule has 0 aliphatic carbocycles. The van der Waals surface area contributed by atoms with Crippen molar-refractivity contribution < 1.29 is 18.9 Å². The predicted molar refractivity (Wildman–Crippen MR) is 68.2 cm³/mol. The van der Waals surface area contributed by atoms with Gasteiger partial charge in [0.15, 0.2) is 0 Å². The van der Waals surface area contributed by atoms with Crippen LogP contribution >= 0.6 is 0 Å². The number of hydrogen-bond acceptors (Lipinski definition) is 4. The van der Waals surface area contributed by atoms with E-state index in [1.807, 2.05) is 55.4 Å². The van der Waals surface area contributed by atoms with Gasteiger partial charge in [0.2, 0.25) is 12.6 Å². The van der Waals surface area contributed by atoms with Crippen LogP contribution in [0, 0.1) is 0 Å². The van der Waals surface area contributed by atoms with Crippen molar-refractivity contribution in [1.82, 2.24) is 0 Å². The van der Waals surface area contributed by atoms with E-state index in [-0.39, 0.29) is 22.4 Å². The lowest BCUT2D eigenvalue weighted by Crippen LogP contribution is -2.41. The van der Waals surface area contributed by atoms with Crippen LogP contribution in [0.25, 0.3) is 0 Å². The Morgan fingerprint density at radius 1 is 0.444 bits per heavy atom. The van der Waals surface area contributed by atoms with E-state index in [0.717, 1.165) is 0 Å². The van der Waals surface area contributed by atoms with Crippen molar-refractivity contribution in [3.8, 4) is 0 Å². The molecule has 0 bridgehead atoms. The lowest BCUT2D eigenvalue weighted by Gasteiger charge is -2.30. The minimum absolute atomic E-state index is 0.360. The summed E-state index contributed by atoms with van der Waals surface area (Å²) in [7, 11) is 0. The van der Waals surface area contributed by atoms with Crippen LogP contribution in [0.2, 0.25) is 0 Å². The van der Waals surface area contributed by atoms with E-state index in [0.29, 0.717) is 0 Å². The summed E-state index contributed by atoms with van der Waals surface area (Å²) in [6.07, 6.45) is -0.952. The van der Waals surface area contributed by atoms with Gasteiger partial charge < -0.3 is 18.9 Å². The molecule has 0 aromatic rings. The van der Waals surface area contributed by atoms with E-state index in [2.05, 4.69) is 0 Å². The van der Waals surface area contributed by atoms with E-state index >= 15 is 0 Å². The van der Waals surface area contributed by atoms with Gasteiger partial charge in [-0.25, -0.2) is 0 Å². The van der Waals surface area contributed by atoms with E-state index in [1.54, 1.807) is 0 Å². The molecule has 18 heavy (non-hydrogen) atoms. The molecule has 2 fully saturated rings. The zero-order valence-corrected chi connectivity index (χ0v) is 12.8. The molecule has 0 N–H and O–H groups in total. The number of hydrogen-bond donors (Lipinski definition) is 0. The van der Waals surface area contributed by atoms with Crippen molar-refractivity contribution in [2.24, 2.45) is 0 Å². The molecule has 4 heteroatoms. The molecule has 2 aliphatic heterocycles. The van der Waals surface area contributed by atoms with Crippen LogP contribution < -0.4 is 0 Å². The molecule has 0 radical (unpaired) electrons. The fraction of sp³-hybridized carbons (Fsp3) is 1.00. The maximum atomic E-state index is 5.96. The molecule has 4 nitrogen and oxygen atoms in total. The Morgan fingerprint density at radius 2 is 0.611 bits per heavy atom. The van der Waals surface area contributed by atoms with Gasteiger partial charge in [0, 0.05) is 0 Å². The first-order valence-electron chi connectivity index (χ1n) is 6.59. The fourth-order valence-electron chi connectivity index (χ4n) is 2.00. The molecular weight excluding hydrogens is 232 g/mol. The highest BCUT2D eigenvalue weighted by Gasteiger charge is 2.58. The molecule has 0 aromatic heterocycles. The summed E-state index contributed by atoms with van der Waals surface area (Å²) in [5.41, 5.74) is -1.44. The molecule has 0 aromatic carbocycles. The Kier molecular flexibility index (Phi) is 2.92. The van der Waals surface area contributed by atoms with Gasteiger partial charge in [0.25, 0.3) is 0 Å². The van der Waals surface area contributed by atoms with Crippen LogP contribution in [0.15, 0.2) is 0 Å². The highest BCUT2D eigenvalue weighted by atomic mass is 16.8. The lowest BCUT2D eigenvalue weighted by molar-refractivity contribution is -0.238. The van der Waals surface area contributed by atoms with Crippen molar-refractivity contribution in [1.29, 1.82) is 0 Å². The second-order valence-electron chi connectivity index (χ2n) is 7.25. The average molecular weight is 258 g/mol. The second kappa shape index (κ2) is 3.69. The molecule has 106 valence electrons. The molecule has 2 aliphatic rings. The van der Waals surface area contributed by atoms with Gasteiger partial charge in [0.05, 0.1) is 22.4 Å². The largest absolute Gasteiger partial charge is 0.339 e. The molecule has 0 saturated carbocycles. The molecule has 2 rings (SSSR count). The lowest BCUT2D eigenvalue weighted by atomic mass is 9.90. The van der Waals surface area contributed by atoms with Gasteiger partial charge in [0.1, 0.15) is 0 Å². The van der Waals surface area contributed by atoms with E-state index < -0.39 is 12.6 Å². The van der Waals surface area contributed by atoms with Crippen LogP contribution in [0.4, 0.5) is 0 Å². The molecule has 0 unspecified atom stereocenters. The first kappa shape index (κ1) is 14.3. The van der Waals surface area contributed by atoms with Gasteiger partial charge in [-0.3, -0.25) is 0 Å². The predicted octanol–water partition coefficient (Wildman–Crippen LogP) is 2.85. The second-order valence-corrected chi connectivity index (χ2v) is 7.25. The average Bonchev–Trinajstić information content (AvgIpc) is 2.45. The third kappa shape index (κ3) is 1.99. The topological polar surface area (TPSA) is 36.9 Å². The van der Waals surface area contributed by atoms with E-state index in [4.69, 9.17) is 18.9 Å². The Labute approximate surface area is 110 Å². The van der Waals surface area contributed by atoms with Crippen molar-refractivity contribution >= 4 is 0 Å². The van der Waals surface area contributed by atoms with E-state index in [1.165, 1.54) is 0 Å². The monoisotopic (exact) mass is 258 g/mol. The van der Waals surface area contributed by atoms with Crippen molar-refractivity contribution in [2.75, 3.05) is 0 Å². The normalized spacial score (nSPS) is 34.0. The van der Waals surface area contributed by atoms with Gasteiger partial charge >= 0.3 is 0 Å². The van der Waals surface area contributed by atoms with Gasteiger partial charge in [-0.15, -0.1) is 0 Å². The fourth-order valence-corrected chi connectivity index (χ4v) is 2.00. The van der Waals surface area contributed by atoms with Crippen molar-refractivity contribution in [2.45, 2.75) is 90.4 Å². The summed E-state index contributed by atoms with van der Waals surface area (Å²) in [5, 5.41) is 0. The highest BCUT2D eigenvalue weighted by Crippen LogP contribution is 2.45. The van der Waals surface area contributed by atoms with Crippen LogP contribution in [0.5, 0.6) is 0 Å². The molecule has 2 heterocycles. The van der Waals surface area contributed by atoms with Gasteiger partial charge in [-0.05, 0) is 55.4 Å². The van der Waals surface area contributed by atoms with Crippen molar-refractivity contribution in [3.05, 3.63) is 0 Å². The van der Waals surface area contributed by atoms with Gasteiger partial charge in [-0.2, -0.15) is 0 Å². The summed E-state index contributed by atoms with van der Waals surface area (Å²) in [4.78, 5) is 0. The molecular formula is C14H26O4. The molecule has 0 amide bonds. The minimum Gasteiger partial charge on any atom is -0.339 e. The number of rotatable bonds is 1. The van der Waals surface area contributed by atoms with Crippen LogP contribution in [-0.4, -0.2) is 35.0 Å². The Balaban J connectivity index is 2.14. The van der Waals surface area contributed by atoms with Gasteiger partial charge in [-0.1, -0.05) is 0 Å². The smallest absolute Gasteiger partial charge is 0.210 e. The zero-order chi connectivity index (χ0) is 14.0. The maximum absolute atomic E-state index is 5.96. The molecule has 0 atom stereocenters. The third-order valence-electron chi connectivity index (χ3n) is 4.77.